The van der Waals surface area contributed by atoms with Crippen molar-refractivity contribution in [2.45, 2.75) is 36.6 Å². The van der Waals surface area contributed by atoms with Crippen LogP contribution in [0, 0.1) is 0 Å². The molecule has 1 aliphatic heterocycles. The van der Waals surface area contributed by atoms with E-state index in [1.807, 2.05) is 42.5 Å². The highest BCUT2D eigenvalue weighted by atomic mass is 35.5. The van der Waals surface area contributed by atoms with Gasteiger partial charge in [-0.3, -0.25) is 9.59 Å². The molecule has 3 aromatic carbocycles. The van der Waals surface area contributed by atoms with Crippen molar-refractivity contribution in [3.05, 3.63) is 100 Å². The summed E-state index contributed by atoms with van der Waals surface area (Å²) in [5.74, 6) is -1.37. The standard InChI is InChI=1S/C28H27Cl2N5O4S/c1-18(25(36)15-16-26(31)37)32-28(34-40(38,39)23-13-11-22(30)12-14-23)35-17-24(19-5-3-2-4-6-19)27(33-35)20-7-9-21(29)10-8-20/h2-14,18,24H,15-17H2,1H3,(H2,31,37)(H,32,34). The zero-order valence-electron chi connectivity index (χ0n) is 21.5. The van der Waals surface area contributed by atoms with Gasteiger partial charge >= 0.3 is 0 Å². The summed E-state index contributed by atoms with van der Waals surface area (Å²) in [5.41, 5.74) is 7.62. The van der Waals surface area contributed by atoms with Gasteiger partial charge in [-0.15, -0.1) is 0 Å². The predicted molar refractivity (Wildman–Crippen MR) is 156 cm³/mol. The lowest BCUT2D eigenvalue weighted by Crippen LogP contribution is -2.42. The number of Topliss-reactive ketones (excluding diaryl/α,β-unsaturated/α-hetero) is 1. The first-order valence-corrected chi connectivity index (χ1v) is 14.6. The number of carbonyl (C=O) groups is 2. The number of aliphatic imine (C=N–C) groups is 1. The number of hydrazone groups is 1. The topological polar surface area (TPSA) is 134 Å². The van der Waals surface area contributed by atoms with Crippen LogP contribution in [0.1, 0.15) is 36.8 Å². The largest absolute Gasteiger partial charge is 0.370 e. The van der Waals surface area contributed by atoms with Gasteiger partial charge in [0.05, 0.1) is 17.2 Å². The van der Waals surface area contributed by atoms with E-state index in [1.54, 1.807) is 12.1 Å². The van der Waals surface area contributed by atoms with Crippen LogP contribution in [0.25, 0.3) is 0 Å². The van der Waals surface area contributed by atoms with Crippen LogP contribution in [0.4, 0.5) is 0 Å². The monoisotopic (exact) mass is 599 g/mol. The van der Waals surface area contributed by atoms with Crippen molar-refractivity contribution >= 4 is 56.6 Å². The number of carbonyl (C=O) groups excluding carboxylic acids is 2. The number of hydrogen-bond donors (Lipinski definition) is 2. The summed E-state index contributed by atoms with van der Waals surface area (Å²) in [4.78, 5) is 28.3. The molecule has 0 aromatic heterocycles. The van der Waals surface area contributed by atoms with E-state index in [4.69, 9.17) is 34.0 Å². The lowest BCUT2D eigenvalue weighted by atomic mass is 9.91. The summed E-state index contributed by atoms with van der Waals surface area (Å²) in [6.45, 7) is 1.76. The molecule has 40 heavy (non-hydrogen) atoms. The van der Waals surface area contributed by atoms with Crippen LogP contribution < -0.4 is 10.5 Å². The van der Waals surface area contributed by atoms with Gasteiger partial charge in [-0.2, -0.15) is 5.10 Å². The number of benzene rings is 3. The quantitative estimate of drug-likeness (QED) is 0.278. The summed E-state index contributed by atoms with van der Waals surface area (Å²) < 4.78 is 29.2. The van der Waals surface area contributed by atoms with Crippen molar-refractivity contribution in [3.63, 3.8) is 0 Å². The Hall–Kier alpha value is -3.73. The first-order chi connectivity index (χ1) is 19.0. The Morgan fingerprint density at radius 3 is 2.20 bits per heavy atom. The van der Waals surface area contributed by atoms with Crippen LogP contribution in [-0.2, 0) is 19.6 Å². The summed E-state index contributed by atoms with van der Waals surface area (Å²) in [7, 11) is -4.13. The molecule has 4 rings (SSSR count). The van der Waals surface area contributed by atoms with Crippen LogP contribution in [0.3, 0.4) is 0 Å². The van der Waals surface area contributed by atoms with Gasteiger partial charge in [0, 0.05) is 28.8 Å². The lowest BCUT2D eigenvalue weighted by Gasteiger charge is -2.21. The third-order valence-electron chi connectivity index (χ3n) is 6.25. The first kappa shape index (κ1) is 29.3. The van der Waals surface area contributed by atoms with Crippen molar-refractivity contribution < 1.29 is 18.0 Å². The molecule has 9 nitrogen and oxygen atoms in total. The molecule has 0 saturated carbocycles. The second kappa shape index (κ2) is 12.6. The SMILES string of the molecule is CC(N=C(NS(=O)(=O)c1ccc(Cl)cc1)N1CC(c2ccccc2)C(c2ccc(Cl)cc2)=N1)C(=O)CCC(N)=O. The van der Waals surface area contributed by atoms with Gasteiger partial charge in [0.25, 0.3) is 10.0 Å². The Kier molecular flexibility index (Phi) is 9.24. The second-order valence-corrected chi connectivity index (χ2v) is 11.7. The molecule has 1 aliphatic rings. The molecule has 2 unspecified atom stereocenters. The van der Waals surface area contributed by atoms with Gasteiger partial charge in [-0.25, -0.2) is 23.1 Å². The van der Waals surface area contributed by atoms with Crippen molar-refractivity contribution in [3.8, 4) is 0 Å². The fraction of sp³-hybridized carbons (Fsp3) is 0.214. The van der Waals surface area contributed by atoms with Crippen molar-refractivity contribution in [1.82, 2.24) is 9.73 Å². The number of nitrogens with two attached hydrogens (primary N) is 1. The average Bonchev–Trinajstić information content (AvgIpc) is 3.38. The minimum Gasteiger partial charge on any atom is -0.370 e. The zero-order chi connectivity index (χ0) is 28.9. The van der Waals surface area contributed by atoms with Gasteiger partial charge in [0.1, 0.15) is 6.04 Å². The second-order valence-electron chi connectivity index (χ2n) is 9.16. The molecular formula is C28H27Cl2N5O4S. The highest BCUT2D eigenvalue weighted by molar-refractivity contribution is 7.90. The molecular weight excluding hydrogens is 573 g/mol. The number of nitrogens with one attached hydrogen (secondary N) is 1. The van der Waals surface area contributed by atoms with Gasteiger partial charge < -0.3 is 5.73 Å². The zero-order valence-corrected chi connectivity index (χ0v) is 23.8. The molecule has 1 heterocycles. The highest BCUT2D eigenvalue weighted by Gasteiger charge is 2.33. The van der Waals surface area contributed by atoms with E-state index in [0.29, 0.717) is 15.8 Å². The van der Waals surface area contributed by atoms with Crippen LogP contribution >= 0.6 is 23.2 Å². The number of nitrogens with zero attached hydrogens (tertiary/aromatic N) is 3. The van der Waals surface area contributed by atoms with E-state index in [-0.39, 0.29) is 41.9 Å². The molecule has 3 N–H and O–H groups in total. The Balaban J connectivity index is 1.75. The third kappa shape index (κ3) is 7.26. The minimum absolute atomic E-state index is 0.0435. The number of primary amides is 1. The predicted octanol–water partition coefficient (Wildman–Crippen LogP) is 4.35. The van der Waals surface area contributed by atoms with E-state index in [1.165, 1.54) is 36.2 Å². The normalized spacial score (nSPS) is 16.4. The van der Waals surface area contributed by atoms with Crippen molar-refractivity contribution in [1.29, 1.82) is 0 Å². The maximum absolute atomic E-state index is 13.3. The smallest absolute Gasteiger partial charge is 0.264 e. The van der Waals surface area contributed by atoms with Crippen molar-refractivity contribution in [2.75, 3.05) is 6.54 Å². The van der Waals surface area contributed by atoms with E-state index in [2.05, 4.69) is 9.71 Å². The van der Waals surface area contributed by atoms with Crippen LogP contribution in [0.5, 0.6) is 0 Å². The minimum atomic E-state index is -4.13. The lowest BCUT2D eigenvalue weighted by molar-refractivity contribution is -0.124. The molecule has 0 spiro atoms. The van der Waals surface area contributed by atoms with Gasteiger partial charge in [-0.1, -0.05) is 65.7 Å². The molecule has 12 heteroatoms. The Morgan fingerprint density at radius 1 is 1.00 bits per heavy atom. The summed E-state index contributed by atoms with van der Waals surface area (Å²) in [6, 6.07) is 21.5. The Labute approximate surface area is 242 Å². The van der Waals surface area contributed by atoms with Gasteiger partial charge in [-0.05, 0) is 54.4 Å². The Morgan fingerprint density at radius 2 is 1.60 bits per heavy atom. The van der Waals surface area contributed by atoms with E-state index in [9.17, 15) is 18.0 Å². The number of hydrogen-bond acceptors (Lipinski definition) is 6. The third-order valence-corrected chi connectivity index (χ3v) is 8.10. The summed E-state index contributed by atoms with van der Waals surface area (Å²) in [5, 5.41) is 7.15. The van der Waals surface area contributed by atoms with E-state index in [0.717, 1.165) is 11.1 Å². The molecule has 1 amide bonds. The number of sulfonamides is 1. The molecule has 0 saturated heterocycles. The molecule has 3 aromatic rings. The molecule has 208 valence electrons. The fourth-order valence-corrected chi connectivity index (χ4v) is 5.37. The van der Waals surface area contributed by atoms with Gasteiger partial charge in [0.2, 0.25) is 11.9 Å². The fourth-order valence-electron chi connectivity index (χ4n) is 4.11. The molecule has 2 atom stereocenters. The maximum atomic E-state index is 13.3. The van der Waals surface area contributed by atoms with Crippen LogP contribution in [0.2, 0.25) is 10.0 Å². The van der Waals surface area contributed by atoms with Gasteiger partial charge in [0.15, 0.2) is 5.78 Å². The van der Waals surface area contributed by atoms with Crippen molar-refractivity contribution in [2.24, 2.45) is 15.8 Å². The summed E-state index contributed by atoms with van der Waals surface area (Å²) in [6.07, 6.45) is -0.258. The maximum Gasteiger partial charge on any atom is 0.264 e. The highest BCUT2D eigenvalue weighted by Crippen LogP contribution is 2.30. The number of ketones is 1. The summed E-state index contributed by atoms with van der Waals surface area (Å²) >= 11 is 12.0. The number of guanidine groups is 1. The van der Waals surface area contributed by atoms with E-state index >= 15 is 0 Å². The van der Waals surface area contributed by atoms with Crippen LogP contribution in [-0.4, -0.2) is 49.4 Å². The number of rotatable bonds is 9. The molecule has 0 aliphatic carbocycles. The first-order valence-electron chi connectivity index (χ1n) is 12.4. The number of halogens is 2. The van der Waals surface area contributed by atoms with E-state index < -0.39 is 22.0 Å². The average molecular weight is 601 g/mol. The van der Waals surface area contributed by atoms with Crippen LogP contribution in [0.15, 0.2) is 93.9 Å². The molecule has 0 fully saturated rings. The Bertz CT molecular complexity index is 1540. The molecule has 0 bridgehead atoms. The number of amides is 1. The molecule has 0 radical (unpaired) electrons.